The highest BCUT2D eigenvalue weighted by Crippen LogP contribution is 2.33. The van der Waals surface area contributed by atoms with Gasteiger partial charge in [0.25, 0.3) is 0 Å². The van der Waals surface area contributed by atoms with Gasteiger partial charge >= 0.3 is 0 Å². The summed E-state index contributed by atoms with van der Waals surface area (Å²) in [5.41, 5.74) is 2.72. The molecule has 0 amide bonds. The third-order valence-electron chi connectivity index (χ3n) is 3.78. The zero-order valence-electron chi connectivity index (χ0n) is 14.8. The van der Waals surface area contributed by atoms with Crippen LogP contribution in [0.3, 0.4) is 0 Å². The second-order valence-corrected chi connectivity index (χ2v) is 6.33. The van der Waals surface area contributed by atoms with E-state index in [2.05, 4.69) is 16.4 Å². The van der Waals surface area contributed by atoms with Gasteiger partial charge < -0.3 is 19.9 Å². The molecule has 3 aromatic rings. The summed E-state index contributed by atoms with van der Waals surface area (Å²) in [4.78, 5) is 4.53. The van der Waals surface area contributed by atoms with E-state index in [4.69, 9.17) is 9.47 Å². The minimum Gasteiger partial charge on any atom is -0.504 e. The van der Waals surface area contributed by atoms with Crippen LogP contribution in [0.2, 0.25) is 0 Å². The number of aromatic nitrogens is 1. The summed E-state index contributed by atoms with van der Waals surface area (Å²) in [5.74, 6) is 1.17. The maximum atomic E-state index is 9.72. The van der Waals surface area contributed by atoms with Crippen molar-refractivity contribution in [3.05, 3.63) is 59.1 Å². The predicted octanol–water partition coefficient (Wildman–Crippen LogP) is 4.51. The van der Waals surface area contributed by atoms with Gasteiger partial charge in [0.05, 0.1) is 19.9 Å². The highest BCUT2D eigenvalue weighted by atomic mass is 32.1. The molecule has 0 aliphatic heterocycles. The molecule has 0 atom stereocenters. The van der Waals surface area contributed by atoms with Crippen molar-refractivity contribution in [2.45, 2.75) is 0 Å². The largest absolute Gasteiger partial charge is 0.504 e. The summed E-state index contributed by atoms with van der Waals surface area (Å²) in [6, 6.07) is 14.6. The molecule has 0 unspecified atom stereocenters. The molecule has 27 heavy (non-hydrogen) atoms. The number of aromatic hydroxyl groups is 1. The highest BCUT2D eigenvalue weighted by Gasteiger charge is 2.11. The lowest BCUT2D eigenvalue weighted by atomic mass is 10.1. The van der Waals surface area contributed by atoms with Crippen LogP contribution in [-0.2, 0) is 0 Å². The monoisotopic (exact) mass is 379 g/mol. The first-order chi connectivity index (χ1) is 13.1. The molecule has 0 radical (unpaired) electrons. The molecule has 0 saturated heterocycles. The van der Waals surface area contributed by atoms with Gasteiger partial charge in [-0.2, -0.15) is 5.26 Å². The van der Waals surface area contributed by atoms with Gasteiger partial charge in [-0.05, 0) is 30.3 Å². The van der Waals surface area contributed by atoms with Crippen LogP contribution in [-0.4, -0.2) is 24.3 Å². The van der Waals surface area contributed by atoms with Gasteiger partial charge in [0, 0.05) is 28.9 Å². The third kappa shape index (κ3) is 4.19. The molecule has 3 rings (SSSR count). The van der Waals surface area contributed by atoms with E-state index in [1.165, 1.54) is 18.4 Å². The molecule has 0 spiro atoms. The lowest BCUT2D eigenvalue weighted by molar-refractivity contribution is 0.373. The summed E-state index contributed by atoms with van der Waals surface area (Å²) in [6.45, 7) is 0. The van der Waals surface area contributed by atoms with E-state index < -0.39 is 0 Å². The summed E-state index contributed by atoms with van der Waals surface area (Å²) < 4.78 is 10.3. The number of hydrogen-bond donors (Lipinski definition) is 2. The number of rotatable bonds is 6. The van der Waals surface area contributed by atoms with Crippen molar-refractivity contribution in [3.63, 3.8) is 0 Å². The quantitative estimate of drug-likeness (QED) is 0.613. The summed E-state index contributed by atoms with van der Waals surface area (Å²) >= 11 is 1.37. The van der Waals surface area contributed by atoms with Crippen LogP contribution in [0, 0.1) is 11.3 Å². The van der Waals surface area contributed by atoms with Gasteiger partial charge in [-0.15, -0.1) is 11.3 Å². The summed E-state index contributed by atoms with van der Waals surface area (Å²) in [6.07, 6.45) is 1.62. The second-order valence-electron chi connectivity index (χ2n) is 5.47. The number of nitriles is 1. The fourth-order valence-corrected chi connectivity index (χ4v) is 3.17. The van der Waals surface area contributed by atoms with E-state index >= 15 is 0 Å². The molecule has 2 aromatic carbocycles. The number of methoxy groups -OCH3 is 2. The number of ether oxygens (including phenoxy) is 2. The Morgan fingerprint density at radius 1 is 1.22 bits per heavy atom. The van der Waals surface area contributed by atoms with Gasteiger partial charge in [0.15, 0.2) is 11.5 Å². The number of nitrogens with one attached hydrogen (secondary N) is 1. The normalized spacial score (nSPS) is 10.9. The molecular weight excluding hydrogens is 362 g/mol. The average Bonchev–Trinajstić information content (AvgIpc) is 3.19. The van der Waals surface area contributed by atoms with Crippen LogP contribution >= 0.6 is 11.3 Å². The second kappa shape index (κ2) is 8.25. The van der Waals surface area contributed by atoms with Gasteiger partial charge in [-0.3, -0.25) is 0 Å². The van der Waals surface area contributed by atoms with Crippen molar-refractivity contribution < 1.29 is 14.6 Å². The number of thiazole rings is 1. The van der Waals surface area contributed by atoms with Crippen LogP contribution in [0.4, 0.5) is 5.69 Å². The van der Waals surface area contributed by atoms with Crippen molar-refractivity contribution in [3.8, 4) is 34.6 Å². The molecule has 6 nitrogen and oxygen atoms in total. The number of phenolic OH excluding ortho intramolecular Hbond substituents is 1. The smallest absolute Gasteiger partial charge is 0.161 e. The van der Waals surface area contributed by atoms with Crippen LogP contribution in [0.25, 0.3) is 16.8 Å². The first-order valence-electron chi connectivity index (χ1n) is 7.98. The Balaban J connectivity index is 1.84. The Kier molecular flexibility index (Phi) is 5.59. The maximum absolute atomic E-state index is 9.72. The zero-order valence-corrected chi connectivity index (χ0v) is 15.6. The van der Waals surface area contributed by atoms with E-state index in [0.29, 0.717) is 22.0 Å². The Morgan fingerprint density at radius 2 is 2.07 bits per heavy atom. The molecule has 0 fully saturated rings. The summed E-state index contributed by atoms with van der Waals surface area (Å²) in [5, 5.41) is 24.7. The van der Waals surface area contributed by atoms with Crippen molar-refractivity contribution in [2.24, 2.45) is 0 Å². The lowest BCUT2D eigenvalue weighted by Gasteiger charge is -2.05. The van der Waals surface area contributed by atoms with E-state index in [-0.39, 0.29) is 5.75 Å². The van der Waals surface area contributed by atoms with Crippen molar-refractivity contribution in [1.29, 1.82) is 5.26 Å². The van der Waals surface area contributed by atoms with Crippen LogP contribution in [0.15, 0.2) is 54.0 Å². The number of allylic oxidation sites excluding steroid dienone is 1. The standard InChI is InChI=1S/C20H17N3O3S/c1-25-16-5-3-4-15(9-16)22-11-14(10-21)20-23-17(12-27-20)13-6-7-18(24)19(8-13)26-2/h3-9,11-12,22,24H,1-2H3. The molecule has 2 N–H and O–H groups in total. The first-order valence-corrected chi connectivity index (χ1v) is 8.86. The van der Waals surface area contributed by atoms with Gasteiger partial charge in [0.2, 0.25) is 0 Å². The van der Waals surface area contributed by atoms with Gasteiger partial charge in [-0.1, -0.05) is 6.07 Å². The van der Waals surface area contributed by atoms with E-state index in [9.17, 15) is 10.4 Å². The van der Waals surface area contributed by atoms with Crippen LogP contribution in [0.5, 0.6) is 17.2 Å². The molecule has 1 aromatic heterocycles. The van der Waals surface area contributed by atoms with Crippen LogP contribution < -0.4 is 14.8 Å². The third-order valence-corrected chi connectivity index (χ3v) is 4.66. The molecule has 136 valence electrons. The van der Waals surface area contributed by atoms with E-state index in [0.717, 1.165) is 17.0 Å². The average molecular weight is 379 g/mol. The fraction of sp³-hybridized carbons (Fsp3) is 0.100. The number of hydrogen-bond acceptors (Lipinski definition) is 7. The Bertz CT molecular complexity index is 1020. The minimum atomic E-state index is 0.0665. The number of nitrogens with zero attached hydrogens (tertiary/aromatic N) is 2. The zero-order chi connectivity index (χ0) is 19.2. The van der Waals surface area contributed by atoms with Crippen molar-refractivity contribution in [2.75, 3.05) is 19.5 Å². The molecule has 0 saturated carbocycles. The highest BCUT2D eigenvalue weighted by molar-refractivity contribution is 7.11. The van der Waals surface area contributed by atoms with Crippen LogP contribution in [0.1, 0.15) is 5.01 Å². The van der Waals surface area contributed by atoms with Gasteiger partial charge in [-0.25, -0.2) is 4.98 Å². The fourth-order valence-electron chi connectivity index (χ4n) is 2.38. The first kappa shape index (κ1) is 18.3. The SMILES string of the molecule is COc1cccc(NC=C(C#N)c2nc(-c3ccc(O)c(OC)c3)cs2)c1. The number of benzene rings is 2. The minimum absolute atomic E-state index is 0.0665. The number of phenols is 1. The lowest BCUT2D eigenvalue weighted by Crippen LogP contribution is -1.92. The summed E-state index contributed by atoms with van der Waals surface area (Å²) in [7, 11) is 3.09. The van der Waals surface area contributed by atoms with Crippen molar-refractivity contribution in [1.82, 2.24) is 4.98 Å². The van der Waals surface area contributed by atoms with Crippen molar-refractivity contribution >= 4 is 22.6 Å². The molecule has 0 aliphatic rings. The predicted molar refractivity (Wildman–Crippen MR) is 106 cm³/mol. The maximum Gasteiger partial charge on any atom is 0.161 e. The molecular formula is C20H17N3O3S. The molecule has 0 aliphatic carbocycles. The van der Waals surface area contributed by atoms with E-state index in [1.54, 1.807) is 31.5 Å². The topological polar surface area (TPSA) is 87.4 Å². The molecule has 0 bridgehead atoms. The van der Waals surface area contributed by atoms with E-state index in [1.807, 2.05) is 29.6 Å². The van der Waals surface area contributed by atoms with Gasteiger partial charge in [0.1, 0.15) is 22.4 Å². The Hall–Kier alpha value is -3.50. The number of anilines is 1. The molecule has 1 heterocycles. The Morgan fingerprint density at radius 3 is 2.81 bits per heavy atom. The molecule has 7 heteroatoms. The Labute approximate surface area is 161 Å².